The number of sulfonamides is 1. The van der Waals surface area contributed by atoms with Crippen molar-refractivity contribution in [3.05, 3.63) is 0 Å². The summed E-state index contributed by atoms with van der Waals surface area (Å²) in [5, 5.41) is 7.55. The number of carbonyl (C=O) groups excluding carboxylic acids is 1. The third kappa shape index (κ3) is 5.43. The van der Waals surface area contributed by atoms with Crippen LogP contribution in [0.25, 0.3) is 0 Å². The Morgan fingerprint density at radius 3 is 2.56 bits per heavy atom. The average Bonchev–Trinajstić information content (AvgIpc) is 2.24. The van der Waals surface area contributed by atoms with Crippen LogP contribution in [0, 0.1) is 5.92 Å². The zero-order valence-electron chi connectivity index (χ0n) is 9.15. The monoisotopic (exact) mass is 250 g/mol. The lowest BCUT2D eigenvalue weighted by Gasteiger charge is -2.21. The second kappa shape index (κ2) is 6.17. The molecule has 1 amide bonds. The molecule has 0 unspecified atom stereocenters. The smallest absolute Gasteiger partial charge is 0.223 e. The lowest BCUT2D eigenvalue weighted by Crippen LogP contribution is -2.35. The van der Waals surface area contributed by atoms with Crippen molar-refractivity contribution >= 4 is 15.9 Å². The van der Waals surface area contributed by atoms with Crippen molar-refractivity contribution in [3.8, 4) is 0 Å². The van der Waals surface area contributed by atoms with Crippen LogP contribution >= 0.6 is 0 Å². The highest BCUT2D eigenvalue weighted by atomic mass is 32.2. The molecule has 94 valence electrons. The standard InChI is InChI=1S/C9H18N2O4S/c10-16(13,14)7-1-4-11-9(12)8-2-5-15-6-3-8/h8H,1-7H2,(H,11,12)(H2,10,13,14). The van der Waals surface area contributed by atoms with E-state index in [9.17, 15) is 13.2 Å². The number of hydrogen-bond donors (Lipinski definition) is 2. The third-order valence-corrected chi connectivity index (χ3v) is 3.35. The Hall–Kier alpha value is -0.660. The molecule has 3 N–H and O–H groups in total. The molecule has 0 spiro atoms. The van der Waals surface area contributed by atoms with Crippen LogP contribution in [0.1, 0.15) is 19.3 Å². The van der Waals surface area contributed by atoms with Gasteiger partial charge in [0.2, 0.25) is 15.9 Å². The molecule has 1 aliphatic heterocycles. The fraction of sp³-hybridized carbons (Fsp3) is 0.889. The summed E-state index contributed by atoms with van der Waals surface area (Å²) in [6.07, 6.45) is 1.83. The van der Waals surface area contributed by atoms with Gasteiger partial charge in [0.05, 0.1) is 5.75 Å². The first-order valence-electron chi connectivity index (χ1n) is 5.35. The molecule has 1 heterocycles. The van der Waals surface area contributed by atoms with Gasteiger partial charge in [-0.15, -0.1) is 0 Å². The predicted molar refractivity (Wildman–Crippen MR) is 59.1 cm³/mol. The molecule has 0 atom stereocenters. The van der Waals surface area contributed by atoms with Crippen LogP contribution in [0.2, 0.25) is 0 Å². The zero-order valence-corrected chi connectivity index (χ0v) is 9.96. The van der Waals surface area contributed by atoms with E-state index in [1.165, 1.54) is 0 Å². The summed E-state index contributed by atoms with van der Waals surface area (Å²) in [6, 6.07) is 0. The maximum Gasteiger partial charge on any atom is 0.223 e. The Morgan fingerprint density at radius 1 is 1.38 bits per heavy atom. The molecule has 1 aliphatic rings. The topological polar surface area (TPSA) is 98.5 Å². The van der Waals surface area contributed by atoms with Crippen molar-refractivity contribution < 1.29 is 17.9 Å². The predicted octanol–water partition coefficient (Wildman–Crippen LogP) is -0.792. The lowest BCUT2D eigenvalue weighted by molar-refractivity contribution is -0.127. The van der Waals surface area contributed by atoms with Gasteiger partial charge in [-0.2, -0.15) is 0 Å². The van der Waals surface area contributed by atoms with Gasteiger partial charge in [-0.1, -0.05) is 0 Å². The van der Waals surface area contributed by atoms with Gasteiger partial charge in [0.1, 0.15) is 0 Å². The summed E-state index contributed by atoms with van der Waals surface area (Å²) >= 11 is 0. The first kappa shape index (κ1) is 13.4. The third-order valence-electron chi connectivity index (χ3n) is 2.50. The number of nitrogens with two attached hydrogens (primary N) is 1. The average molecular weight is 250 g/mol. The molecule has 0 saturated carbocycles. The molecular weight excluding hydrogens is 232 g/mol. The molecule has 0 aliphatic carbocycles. The molecular formula is C9H18N2O4S. The molecule has 7 heteroatoms. The van der Waals surface area contributed by atoms with E-state index in [4.69, 9.17) is 9.88 Å². The number of rotatable bonds is 5. The van der Waals surface area contributed by atoms with Crippen LogP contribution in [-0.2, 0) is 19.6 Å². The van der Waals surface area contributed by atoms with Gasteiger partial charge in [-0.25, -0.2) is 13.6 Å². The van der Waals surface area contributed by atoms with Crippen molar-refractivity contribution in [2.75, 3.05) is 25.5 Å². The molecule has 1 saturated heterocycles. The van der Waals surface area contributed by atoms with Crippen LogP contribution in [0.4, 0.5) is 0 Å². The maximum atomic E-state index is 11.6. The van der Waals surface area contributed by atoms with Crippen molar-refractivity contribution in [1.29, 1.82) is 0 Å². The number of nitrogens with one attached hydrogen (secondary N) is 1. The summed E-state index contributed by atoms with van der Waals surface area (Å²) in [6.45, 7) is 1.59. The highest BCUT2D eigenvalue weighted by Crippen LogP contribution is 2.14. The summed E-state index contributed by atoms with van der Waals surface area (Å²) < 4.78 is 26.4. The zero-order chi connectivity index (χ0) is 12.0. The lowest BCUT2D eigenvalue weighted by atomic mass is 9.99. The molecule has 0 aromatic rings. The minimum atomic E-state index is -3.42. The molecule has 6 nitrogen and oxygen atoms in total. The molecule has 1 rings (SSSR count). The van der Waals surface area contributed by atoms with Crippen molar-refractivity contribution in [2.24, 2.45) is 11.1 Å². The number of ether oxygens (including phenoxy) is 1. The molecule has 0 aromatic carbocycles. The largest absolute Gasteiger partial charge is 0.381 e. The number of hydrogen-bond acceptors (Lipinski definition) is 4. The van der Waals surface area contributed by atoms with Gasteiger partial charge >= 0.3 is 0 Å². The Bertz CT molecular complexity index is 322. The van der Waals surface area contributed by atoms with Crippen molar-refractivity contribution in [1.82, 2.24) is 5.32 Å². The van der Waals surface area contributed by atoms with E-state index >= 15 is 0 Å². The van der Waals surface area contributed by atoms with E-state index in [-0.39, 0.29) is 17.6 Å². The Labute approximate surface area is 95.6 Å². The van der Waals surface area contributed by atoms with Crippen LogP contribution in [0.5, 0.6) is 0 Å². The summed E-state index contributed by atoms with van der Waals surface area (Å²) in [5.41, 5.74) is 0. The second-order valence-electron chi connectivity index (χ2n) is 3.90. The van der Waals surface area contributed by atoms with Gasteiger partial charge in [-0.3, -0.25) is 4.79 Å². The minimum Gasteiger partial charge on any atom is -0.381 e. The van der Waals surface area contributed by atoms with Gasteiger partial charge < -0.3 is 10.1 Å². The van der Waals surface area contributed by atoms with Crippen LogP contribution < -0.4 is 10.5 Å². The maximum absolute atomic E-state index is 11.6. The summed E-state index contributed by atoms with van der Waals surface area (Å²) in [5.74, 6) is -0.109. The van der Waals surface area contributed by atoms with Crippen molar-refractivity contribution in [2.45, 2.75) is 19.3 Å². The normalized spacial score (nSPS) is 18.3. The molecule has 0 radical (unpaired) electrons. The molecule has 0 bridgehead atoms. The molecule has 0 aromatic heterocycles. The Kier molecular flexibility index (Phi) is 5.17. The number of amides is 1. The summed E-state index contributed by atoms with van der Waals surface area (Å²) in [4.78, 5) is 11.6. The Balaban J connectivity index is 2.14. The highest BCUT2D eigenvalue weighted by molar-refractivity contribution is 7.89. The van der Waals surface area contributed by atoms with E-state index in [1.54, 1.807) is 0 Å². The minimum absolute atomic E-state index is 0.00299. The van der Waals surface area contributed by atoms with Gasteiger partial charge in [0.15, 0.2) is 0 Å². The van der Waals surface area contributed by atoms with Crippen LogP contribution in [-0.4, -0.2) is 39.8 Å². The van der Waals surface area contributed by atoms with E-state index < -0.39 is 10.0 Å². The first-order valence-corrected chi connectivity index (χ1v) is 7.06. The molecule has 16 heavy (non-hydrogen) atoms. The van der Waals surface area contributed by atoms with E-state index in [0.717, 1.165) is 12.8 Å². The van der Waals surface area contributed by atoms with Crippen LogP contribution in [0.15, 0.2) is 0 Å². The summed E-state index contributed by atoms with van der Waals surface area (Å²) in [7, 11) is -3.42. The van der Waals surface area contributed by atoms with E-state index in [1.807, 2.05) is 0 Å². The fourth-order valence-electron chi connectivity index (χ4n) is 1.59. The van der Waals surface area contributed by atoms with E-state index in [0.29, 0.717) is 26.2 Å². The van der Waals surface area contributed by atoms with Crippen molar-refractivity contribution in [3.63, 3.8) is 0 Å². The van der Waals surface area contributed by atoms with Gasteiger partial charge in [0, 0.05) is 25.7 Å². The quantitative estimate of drug-likeness (QED) is 0.624. The second-order valence-corrected chi connectivity index (χ2v) is 5.63. The first-order chi connectivity index (χ1) is 7.49. The fourth-order valence-corrected chi connectivity index (χ4v) is 2.14. The number of carbonyl (C=O) groups is 1. The van der Waals surface area contributed by atoms with Gasteiger partial charge in [0.25, 0.3) is 0 Å². The van der Waals surface area contributed by atoms with E-state index in [2.05, 4.69) is 5.32 Å². The molecule has 1 fully saturated rings. The van der Waals surface area contributed by atoms with Crippen LogP contribution in [0.3, 0.4) is 0 Å². The Morgan fingerprint density at radius 2 is 2.00 bits per heavy atom. The highest BCUT2D eigenvalue weighted by Gasteiger charge is 2.20. The number of primary sulfonamides is 1. The van der Waals surface area contributed by atoms with Gasteiger partial charge in [-0.05, 0) is 19.3 Å². The SMILES string of the molecule is NS(=O)(=O)CCCNC(=O)C1CCOCC1.